The normalized spacial score (nSPS) is 9.80. The van der Waals surface area contributed by atoms with Gasteiger partial charge in [-0.05, 0) is 41.6 Å². The fraction of sp³-hybridized carbons (Fsp3) is 0.222. The maximum Gasteiger partial charge on any atom is 0.297 e. The van der Waals surface area contributed by atoms with Gasteiger partial charge in [-0.2, -0.15) is 0 Å². The molecule has 6 heteroatoms. The number of halogens is 1. The first-order valence-corrected chi connectivity index (χ1v) is 5.08. The molecule has 0 N–H and O–H groups in total. The van der Waals surface area contributed by atoms with Gasteiger partial charge >= 0.3 is 0 Å². The third-order valence-corrected chi connectivity index (χ3v) is 2.91. The highest BCUT2D eigenvalue weighted by Gasteiger charge is 2.24. The standard InChI is InChI=1S/C9H8INO4/c1-5(12)6-3-4-7(15-2)8(10)9(6)11(13)14/h3-4H,1-2H3. The fourth-order valence-corrected chi connectivity index (χ4v) is 2.05. The second kappa shape index (κ2) is 4.56. The zero-order valence-corrected chi connectivity index (χ0v) is 10.3. The van der Waals surface area contributed by atoms with Crippen LogP contribution in [0.4, 0.5) is 5.69 Å². The maximum atomic E-state index is 11.2. The zero-order chi connectivity index (χ0) is 11.6. The van der Waals surface area contributed by atoms with Crippen molar-refractivity contribution >= 4 is 34.1 Å². The number of nitro benzene ring substituents is 1. The molecular weight excluding hydrogens is 313 g/mol. The summed E-state index contributed by atoms with van der Waals surface area (Å²) in [5, 5.41) is 10.8. The molecule has 0 amide bonds. The summed E-state index contributed by atoms with van der Waals surface area (Å²) in [6.07, 6.45) is 0. The molecule has 0 radical (unpaired) electrons. The molecule has 0 aromatic heterocycles. The molecular formula is C9H8INO4. The Hall–Kier alpha value is -1.18. The van der Waals surface area contributed by atoms with E-state index in [2.05, 4.69) is 0 Å². The summed E-state index contributed by atoms with van der Waals surface area (Å²) in [6.45, 7) is 1.30. The number of nitro groups is 1. The van der Waals surface area contributed by atoms with Crippen molar-refractivity contribution in [3.63, 3.8) is 0 Å². The molecule has 0 fully saturated rings. The van der Waals surface area contributed by atoms with E-state index in [0.717, 1.165) is 0 Å². The van der Waals surface area contributed by atoms with Gasteiger partial charge in [-0.25, -0.2) is 0 Å². The summed E-state index contributed by atoms with van der Waals surface area (Å²) in [6, 6.07) is 2.95. The SMILES string of the molecule is COc1ccc(C(C)=O)c([N+](=O)[O-])c1I. The summed E-state index contributed by atoms with van der Waals surface area (Å²) in [5.74, 6) is 0.0644. The van der Waals surface area contributed by atoms with Gasteiger partial charge in [0.15, 0.2) is 5.78 Å². The molecule has 0 unspecified atom stereocenters. The van der Waals surface area contributed by atoms with Crippen LogP contribution in [0.1, 0.15) is 17.3 Å². The summed E-state index contributed by atoms with van der Waals surface area (Å²) < 4.78 is 5.29. The average Bonchev–Trinajstić information content (AvgIpc) is 2.16. The van der Waals surface area contributed by atoms with E-state index in [1.165, 1.54) is 20.1 Å². The molecule has 1 rings (SSSR count). The highest BCUT2D eigenvalue weighted by atomic mass is 127. The number of carbonyl (C=O) groups is 1. The first-order chi connectivity index (χ1) is 6.99. The first kappa shape index (κ1) is 11.9. The van der Waals surface area contributed by atoms with Crippen LogP contribution in [-0.4, -0.2) is 17.8 Å². The van der Waals surface area contributed by atoms with E-state index >= 15 is 0 Å². The van der Waals surface area contributed by atoms with Crippen LogP contribution in [0.3, 0.4) is 0 Å². The van der Waals surface area contributed by atoms with Gasteiger partial charge in [-0.1, -0.05) is 0 Å². The minimum absolute atomic E-state index is 0.102. The molecule has 0 saturated heterocycles. The van der Waals surface area contributed by atoms with E-state index in [4.69, 9.17) is 4.74 Å². The molecule has 80 valence electrons. The lowest BCUT2D eigenvalue weighted by Gasteiger charge is -2.05. The van der Waals surface area contributed by atoms with Crippen molar-refractivity contribution in [3.8, 4) is 5.75 Å². The molecule has 0 aliphatic rings. The van der Waals surface area contributed by atoms with Crippen molar-refractivity contribution < 1.29 is 14.5 Å². The van der Waals surface area contributed by atoms with Crippen LogP contribution in [0.15, 0.2) is 12.1 Å². The quantitative estimate of drug-likeness (QED) is 0.371. The summed E-state index contributed by atoms with van der Waals surface area (Å²) >= 11 is 1.80. The van der Waals surface area contributed by atoms with E-state index in [1.807, 2.05) is 0 Å². The molecule has 0 spiro atoms. The van der Waals surface area contributed by atoms with Gasteiger partial charge in [-0.3, -0.25) is 14.9 Å². The molecule has 0 atom stereocenters. The maximum absolute atomic E-state index is 11.2. The number of ketones is 1. The van der Waals surface area contributed by atoms with Gasteiger partial charge in [0.1, 0.15) is 9.32 Å². The predicted octanol–water partition coefficient (Wildman–Crippen LogP) is 2.41. The number of methoxy groups -OCH3 is 1. The predicted molar refractivity (Wildman–Crippen MR) is 62.4 cm³/mol. The van der Waals surface area contributed by atoms with Crippen LogP contribution in [0.5, 0.6) is 5.75 Å². The molecule has 1 aromatic rings. The highest BCUT2D eigenvalue weighted by molar-refractivity contribution is 14.1. The van der Waals surface area contributed by atoms with Gasteiger partial charge in [0.2, 0.25) is 0 Å². The van der Waals surface area contributed by atoms with E-state index in [1.54, 1.807) is 28.7 Å². The van der Waals surface area contributed by atoms with Crippen molar-refractivity contribution in [1.82, 2.24) is 0 Å². The van der Waals surface area contributed by atoms with Crippen molar-refractivity contribution in [2.24, 2.45) is 0 Å². The van der Waals surface area contributed by atoms with Crippen LogP contribution in [0.2, 0.25) is 0 Å². The third-order valence-electron chi connectivity index (χ3n) is 1.86. The number of carbonyl (C=O) groups excluding carboxylic acids is 1. The van der Waals surface area contributed by atoms with Gasteiger partial charge in [0.25, 0.3) is 5.69 Å². The number of rotatable bonds is 3. The summed E-state index contributed by atoms with van der Waals surface area (Å²) in [7, 11) is 1.43. The van der Waals surface area contributed by atoms with Gasteiger partial charge < -0.3 is 4.74 Å². The van der Waals surface area contributed by atoms with Crippen molar-refractivity contribution in [3.05, 3.63) is 31.4 Å². The minimum atomic E-state index is -0.568. The summed E-state index contributed by atoms with van der Waals surface area (Å²) in [5.41, 5.74) is -0.0901. The topological polar surface area (TPSA) is 69.4 Å². The smallest absolute Gasteiger partial charge is 0.297 e. The Morgan fingerprint density at radius 2 is 2.13 bits per heavy atom. The molecule has 1 aromatic carbocycles. The molecule has 0 bridgehead atoms. The number of nitrogens with zero attached hydrogens (tertiary/aromatic N) is 1. The number of benzene rings is 1. The largest absolute Gasteiger partial charge is 0.495 e. The summed E-state index contributed by atoms with van der Waals surface area (Å²) in [4.78, 5) is 21.4. The van der Waals surface area contributed by atoms with E-state index < -0.39 is 4.92 Å². The lowest BCUT2D eigenvalue weighted by Crippen LogP contribution is -2.03. The third kappa shape index (κ3) is 2.25. The lowest BCUT2D eigenvalue weighted by molar-refractivity contribution is -0.386. The van der Waals surface area contributed by atoms with Crippen LogP contribution < -0.4 is 4.74 Å². The Morgan fingerprint density at radius 1 is 1.53 bits per heavy atom. The monoisotopic (exact) mass is 321 g/mol. The molecule has 0 aliphatic carbocycles. The molecule has 0 saturated carbocycles. The minimum Gasteiger partial charge on any atom is -0.495 e. The Kier molecular flexibility index (Phi) is 3.61. The number of hydrogen-bond donors (Lipinski definition) is 0. The van der Waals surface area contributed by atoms with Crippen molar-refractivity contribution in [2.45, 2.75) is 6.92 Å². The Bertz CT molecular complexity index is 430. The molecule has 15 heavy (non-hydrogen) atoms. The second-order valence-corrected chi connectivity index (χ2v) is 3.87. The van der Waals surface area contributed by atoms with Crippen LogP contribution in [0, 0.1) is 13.7 Å². The lowest BCUT2D eigenvalue weighted by atomic mass is 10.1. The number of Topliss-reactive ketones (excluding diaryl/α,β-unsaturated/α-hetero) is 1. The zero-order valence-electron chi connectivity index (χ0n) is 8.11. The van der Waals surface area contributed by atoms with Gasteiger partial charge in [0.05, 0.1) is 17.6 Å². The van der Waals surface area contributed by atoms with E-state index in [0.29, 0.717) is 9.32 Å². The van der Waals surface area contributed by atoms with Crippen molar-refractivity contribution in [2.75, 3.05) is 7.11 Å². The van der Waals surface area contributed by atoms with Gasteiger partial charge in [0, 0.05) is 0 Å². The van der Waals surface area contributed by atoms with Crippen molar-refractivity contribution in [1.29, 1.82) is 0 Å². The number of ether oxygens (including phenoxy) is 1. The highest BCUT2D eigenvalue weighted by Crippen LogP contribution is 2.33. The van der Waals surface area contributed by atoms with Crippen LogP contribution in [-0.2, 0) is 0 Å². The molecule has 0 aliphatic heterocycles. The average molecular weight is 321 g/mol. The number of hydrogen-bond acceptors (Lipinski definition) is 4. The fourth-order valence-electron chi connectivity index (χ4n) is 1.17. The Labute approximate surface area is 99.7 Å². The Balaban J connectivity index is 3.51. The second-order valence-electron chi connectivity index (χ2n) is 2.79. The van der Waals surface area contributed by atoms with Crippen LogP contribution >= 0.6 is 22.6 Å². The van der Waals surface area contributed by atoms with E-state index in [-0.39, 0.29) is 17.0 Å². The molecule has 5 nitrogen and oxygen atoms in total. The Morgan fingerprint density at radius 3 is 2.53 bits per heavy atom. The molecule has 0 heterocycles. The first-order valence-electron chi connectivity index (χ1n) is 4.00. The van der Waals surface area contributed by atoms with Crippen LogP contribution in [0.25, 0.3) is 0 Å². The van der Waals surface area contributed by atoms with E-state index in [9.17, 15) is 14.9 Å². The van der Waals surface area contributed by atoms with Gasteiger partial charge in [-0.15, -0.1) is 0 Å².